The van der Waals surface area contributed by atoms with E-state index >= 15 is 0 Å². The average Bonchev–Trinajstić information content (AvgIpc) is 3.20. The summed E-state index contributed by atoms with van der Waals surface area (Å²) in [4.78, 5) is 16.8. The zero-order chi connectivity index (χ0) is 18.4. The van der Waals surface area contributed by atoms with E-state index in [-0.39, 0.29) is 12.0 Å². The Hall–Kier alpha value is -2.80. The molecule has 7 heteroatoms. The van der Waals surface area contributed by atoms with Crippen molar-refractivity contribution < 1.29 is 19.0 Å². The molecular formula is C19H23N3O4. The number of nitrogens with one attached hydrogen (secondary N) is 2. The standard InChI is InChI=1S/C19H23N3O4/c1-24-16-8-13(9-17(10-16)25-2)19(23)22-14-5-6-18(20-11-14)21-12-15-4-3-7-26-15/h5-6,8-11,15H,3-4,7,12H2,1-2H3,(H,20,21)(H,22,23). The van der Waals surface area contributed by atoms with Crippen molar-refractivity contribution in [1.82, 2.24) is 4.98 Å². The summed E-state index contributed by atoms with van der Waals surface area (Å²) in [5.41, 5.74) is 1.06. The summed E-state index contributed by atoms with van der Waals surface area (Å²) in [6.45, 7) is 1.57. The van der Waals surface area contributed by atoms with Crippen molar-refractivity contribution in [3.05, 3.63) is 42.1 Å². The number of hydrogen-bond donors (Lipinski definition) is 2. The first kappa shape index (κ1) is 18.0. The van der Waals surface area contributed by atoms with Crippen LogP contribution in [0.2, 0.25) is 0 Å². The molecule has 2 aromatic rings. The molecule has 0 radical (unpaired) electrons. The molecule has 1 aliphatic heterocycles. The smallest absolute Gasteiger partial charge is 0.255 e. The van der Waals surface area contributed by atoms with Crippen LogP contribution in [0.25, 0.3) is 0 Å². The average molecular weight is 357 g/mol. The number of carbonyl (C=O) groups excluding carboxylic acids is 1. The first-order valence-corrected chi connectivity index (χ1v) is 8.54. The second-order valence-electron chi connectivity index (χ2n) is 6.00. The molecule has 1 unspecified atom stereocenters. The number of anilines is 2. The van der Waals surface area contributed by atoms with Crippen LogP contribution >= 0.6 is 0 Å². The monoisotopic (exact) mass is 357 g/mol. The maximum atomic E-state index is 12.5. The molecule has 1 atom stereocenters. The Morgan fingerprint density at radius 2 is 2.00 bits per heavy atom. The molecular weight excluding hydrogens is 334 g/mol. The van der Waals surface area contributed by atoms with Gasteiger partial charge in [-0.2, -0.15) is 0 Å². The van der Waals surface area contributed by atoms with Gasteiger partial charge >= 0.3 is 0 Å². The number of amides is 1. The van der Waals surface area contributed by atoms with Crippen molar-refractivity contribution in [2.75, 3.05) is 38.0 Å². The van der Waals surface area contributed by atoms with Gasteiger partial charge in [0.2, 0.25) is 0 Å². The maximum Gasteiger partial charge on any atom is 0.255 e. The highest BCUT2D eigenvalue weighted by molar-refractivity contribution is 6.04. The Bertz CT molecular complexity index is 721. The van der Waals surface area contributed by atoms with Gasteiger partial charge in [0.25, 0.3) is 5.91 Å². The quantitative estimate of drug-likeness (QED) is 0.793. The van der Waals surface area contributed by atoms with Crippen LogP contribution in [0.5, 0.6) is 11.5 Å². The number of pyridine rings is 1. The Labute approximate surface area is 152 Å². The number of methoxy groups -OCH3 is 2. The summed E-state index contributed by atoms with van der Waals surface area (Å²) in [7, 11) is 3.09. The van der Waals surface area contributed by atoms with Crippen LogP contribution in [-0.2, 0) is 4.74 Å². The highest BCUT2D eigenvalue weighted by Crippen LogP contribution is 2.23. The maximum absolute atomic E-state index is 12.5. The van der Waals surface area contributed by atoms with Gasteiger partial charge in [-0.1, -0.05) is 0 Å². The van der Waals surface area contributed by atoms with E-state index in [1.807, 2.05) is 6.07 Å². The number of rotatable bonds is 7. The number of hydrogen-bond acceptors (Lipinski definition) is 6. The number of aromatic nitrogens is 1. The predicted octanol–water partition coefficient (Wildman–Crippen LogP) is 2.94. The molecule has 0 aliphatic carbocycles. The molecule has 1 aromatic heterocycles. The van der Waals surface area contributed by atoms with E-state index < -0.39 is 0 Å². The van der Waals surface area contributed by atoms with E-state index in [0.29, 0.717) is 22.7 Å². The summed E-state index contributed by atoms with van der Waals surface area (Å²) in [6, 6.07) is 8.66. The van der Waals surface area contributed by atoms with Crippen molar-refractivity contribution in [2.45, 2.75) is 18.9 Å². The van der Waals surface area contributed by atoms with E-state index in [2.05, 4.69) is 15.6 Å². The second kappa shape index (κ2) is 8.53. The Balaban J connectivity index is 1.60. The van der Waals surface area contributed by atoms with E-state index in [0.717, 1.165) is 31.8 Å². The van der Waals surface area contributed by atoms with Crippen LogP contribution in [0.3, 0.4) is 0 Å². The molecule has 1 amide bonds. The summed E-state index contributed by atoms with van der Waals surface area (Å²) in [5, 5.41) is 6.07. The number of ether oxygens (including phenoxy) is 3. The van der Waals surface area contributed by atoms with Crippen LogP contribution < -0.4 is 20.1 Å². The Morgan fingerprint density at radius 3 is 2.58 bits per heavy atom. The van der Waals surface area contributed by atoms with E-state index in [9.17, 15) is 4.79 Å². The fourth-order valence-corrected chi connectivity index (χ4v) is 2.74. The summed E-state index contributed by atoms with van der Waals surface area (Å²) in [5.74, 6) is 1.60. The largest absolute Gasteiger partial charge is 0.497 e. The summed E-state index contributed by atoms with van der Waals surface area (Å²) >= 11 is 0. The van der Waals surface area contributed by atoms with Gasteiger partial charge in [0.15, 0.2) is 0 Å². The van der Waals surface area contributed by atoms with Crippen LogP contribution in [0.1, 0.15) is 23.2 Å². The Morgan fingerprint density at radius 1 is 1.23 bits per heavy atom. The lowest BCUT2D eigenvalue weighted by Gasteiger charge is -2.12. The minimum Gasteiger partial charge on any atom is -0.497 e. The number of benzene rings is 1. The van der Waals surface area contributed by atoms with Crippen molar-refractivity contribution in [3.8, 4) is 11.5 Å². The van der Waals surface area contributed by atoms with Gasteiger partial charge in [-0.05, 0) is 37.1 Å². The molecule has 2 heterocycles. The molecule has 1 saturated heterocycles. The van der Waals surface area contributed by atoms with E-state index in [1.54, 1.807) is 44.7 Å². The SMILES string of the molecule is COc1cc(OC)cc(C(=O)Nc2ccc(NCC3CCCO3)nc2)c1. The molecule has 1 fully saturated rings. The summed E-state index contributed by atoms with van der Waals surface area (Å²) < 4.78 is 16.0. The third-order valence-corrected chi connectivity index (χ3v) is 4.17. The topological polar surface area (TPSA) is 81.7 Å². The second-order valence-corrected chi connectivity index (χ2v) is 6.00. The van der Waals surface area contributed by atoms with Gasteiger partial charge in [-0.15, -0.1) is 0 Å². The van der Waals surface area contributed by atoms with Gasteiger partial charge in [0.05, 0.1) is 32.2 Å². The first-order valence-electron chi connectivity index (χ1n) is 8.54. The molecule has 0 saturated carbocycles. The highest BCUT2D eigenvalue weighted by atomic mass is 16.5. The van der Waals surface area contributed by atoms with Crippen LogP contribution in [0.4, 0.5) is 11.5 Å². The van der Waals surface area contributed by atoms with Crippen molar-refractivity contribution in [3.63, 3.8) is 0 Å². The lowest BCUT2D eigenvalue weighted by molar-refractivity contribution is 0.102. The van der Waals surface area contributed by atoms with Gasteiger partial charge in [0.1, 0.15) is 17.3 Å². The molecule has 1 aromatic carbocycles. The molecule has 0 bridgehead atoms. The molecule has 7 nitrogen and oxygen atoms in total. The summed E-state index contributed by atoms with van der Waals surface area (Å²) in [6.07, 6.45) is 4.05. The van der Waals surface area contributed by atoms with Crippen molar-refractivity contribution >= 4 is 17.4 Å². The van der Waals surface area contributed by atoms with E-state index in [1.165, 1.54) is 0 Å². The molecule has 138 valence electrons. The van der Waals surface area contributed by atoms with Crippen molar-refractivity contribution in [1.29, 1.82) is 0 Å². The highest BCUT2D eigenvalue weighted by Gasteiger charge is 2.15. The molecule has 0 spiro atoms. The predicted molar refractivity (Wildman–Crippen MR) is 99.2 cm³/mol. The molecule has 26 heavy (non-hydrogen) atoms. The lowest BCUT2D eigenvalue weighted by Crippen LogP contribution is -2.19. The Kier molecular flexibility index (Phi) is 5.91. The molecule has 1 aliphatic rings. The van der Waals surface area contributed by atoms with Crippen LogP contribution in [-0.4, -0.2) is 44.4 Å². The van der Waals surface area contributed by atoms with Gasteiger partial charge in [-0.3, -0.25) is 4.79 Å². The van der Waals surface area contributed by atoms with Crippen LogP contribution in [0, 0.1) is 0 Å². The fourth-order valence-electron chi connectivity index (χ4n) is 2.74. The van der Waals surface area contributed by atoms with E-state index in [4.69, 9.17) is 14.2 Å². The number of nitrogens with zero attached hydrogens (tertiary/aromatic N) is 1. The third kappa shape index (κ3) is 4.64. The molecule has 2 N–H and O–H groups in total. The fraction of sp³-hybridized carbons (Fsp3) is 0.368. The minimum atomic E-state index is -0.260. The number of carbonyl (C=O) groups is 1. The zero-order valence-electron chi connectivity index (χ0n) is 15.0. The van der Waals surface area contributed by atoms with Crippen LogP contribution in [0.15, 0.2) is 36.5 Å². The van der Waals surface area contributed by atoms with Gasteiger partial charge in [-0.25, -0.2) is 4.98 Å². The minimum absolute atomic E-state index is 0.249. The normalized spacial score (nSPS) is 16.2. The zero-order valence-corrected chi connectivity index (χ0v) is 15.0. The lowest BCUT2D eigenvalue weighted by atomic mass is 10.2. The van der Waals surface area contributed by atoms with Gasteiger partial charge in [0, 0.05) is 24.8 Å². The van der Waals surface area contributed by atoms with Gasteiger partial charge < -0.3 is 24.8 Å². The van der Waals surface area contributed by atoms with Crippen molar-refractivity contribution in [2.24, 2.45) is 0 Å². The first-order chi connectivity index (χ1) is 12.7. The third-order valence-electron chi connectivity index (χ3n) is 4.17. The molecule has 3 rings (SSSR count).